The van der Waals surface area contributed by atoms with Crippen LogP contribution in [0.25, 0.3) is 11.3 Å². The molecular weight excluding hydrogens is 417 g/mol. The van der Waals surface area contributed by atoms with E-state index in [-0.39, 0.29) is 11.8 Å². The Labute approximate surface area is 166 Å². The predicted octanol–water partition coefficient (Wildman–Crippen LogP) is 3.73. The number of anilines is 1. The molecule has 0 spiro atoms. The molecule has 1 amide bonds. The number of nitrogens with one attached hydrogen (secondary N) is 1. The van der Waals surface area contributed by atoms with Gasteiger partial charge in [-0.05, 0) is 25.0 Å². The lowest BCUT2D eigenvalue weighted by atomic mass is 9.97. The fraction of sp³-hybridized carbons (Fsp3) is 0.375. The lowest BCUT2D eigenvalue weighted by Gasteiger charge is -2.29. The van der Waals surface area contributed by atoms with Crippen LogP contribution in [-0.2, 0) is 14.8 Å². The van der Waals surface area contributed by atoms with Gasteiger partial charge >= 0.3 is 0 Å². The van der Waals surface area contributed by atoms with E-state index in [0.717, 1.165) is 5.56 Å². The van der Waals surface area contributed by atoms with Crippen LogP contribution in [0.4, 0.5) is 5.13 Å². The zero-order chi connectivity index (χ0) is 18.9. The maximum Gasteiger partial charge on any atom is 0.229 e. The van der Waals surface area contributed by atoms with Crippen LogP contribution in [0.15, 0.2) is 23.6 Å². The van der Waals surface area contributed by atoms with Gasteiger partial charge in [-0.2, -0.15) is 0 Å². The molecule has 26 heavy (non-hydrogen) atoms. The zero-order valence-corrected chi connectivity index (χ0v) is 17.1. The van der Waals surface area contributed by atoms with Gasteiger partial charge in [-0.25, -0.2) is 17.7 Å². The molecule has 1 N–H and O–H groups in total. The van der Waals surface area contributed by atoms with E-state index >= 15 is 0 Å². The Kier molecular flexibility index (Phi) is 5.88. The Morgan fingerprint density at radius 3 is 2.58 bits per heavy atom. The van der Waals surface area contributed by atoms with Crippen LogP contribution in [0.3, 0.4) is 0 Å². The molecule has 10 heteroatoms. The van der Waals surface area contributed by atoms with Gasteiger partial charge in [0.1, 0.15) is 0 Å². The van der Waals surface area contributed by atoms with E-state index in [2.05, 4.69) is 10.3 Å². The Balaban J connectivity index is 1.62. The van der Waals surface area contributed by atoms with Crippen LogP contribution in [0.2, 0.25) is 10.0 Å². The normalized spacial score (nSPS) is 16.6. The van der Waals surface area contributed by atoms with Gasteiger partial charge in [-0.1, -0.05) is 29.3 Å². The Morgan fingerprint density at radius 2 is 1.96 bits per heavy atom. The highest BCUT2D eigenvalue weighted by Crippen LogP contribution is 2.31. The molecule has 6 nitrogen and oxygen atoms in total. The summed E-state index contributed by atoms with van der Waals surface area (Å²) in [5.41, 5.74) is 1.52. The number of halogens is 2. The third kappa shape index (κ3) is 4.55. The summed E-state index contributed by atoms with van der Waals surface area (Å²) in [6, 6.07) is 5.24. The van der Waals surface area contributed by atoms with Gasteiger partial charge in [0, 0.05) is 30.0 Å². The van der Waals surface area contributed by atoms with E-state index in [1.165, 1.54) is 21.9 Å². The number of hydrogen-bond donors (Lipinski definition) is 1. The number of benzene rings is 1. The van der Waals surface area contributed by atoms with Crippen LogP contribution < -0.4 is 5.32 Å². The molecule has 1 aliphatic rings. The van der Waals surface area contributed by atoms with Crippen LogP contribution in [0.5, 0.6) is 0 Å². The molecule has 0 aliphatic carbocycles. The number of amides is 1. The van der Waals surface area contributed by atoms with Crippen molar-refractivity contribution >= 4 is 55.6 Å². The van der Waals surface area contributed by atoms with Crippen molar-refractivity contribution < 1.29 is 13.2 Å². The van der Waals surface area contributed by atoms with Crippen LogP contribution >= 0.6 is 34.5 Å². The van der Waals surface area contributed by atoms with Crippen molar-refractivity contribution in [2.24, 2.45) is 5.92 Å². The molecule has 1 aliphatic heterocycles. The zero-order valence-electron chi connectivity index (χ0n) is 13.9. The number of sulfonamides is 1. The summed E-state index contributed by atoms with van der Waals surface area (Å²) in [6.07, 6.45) is 2.20. The predicted molar refractivity (Wildman–Crippen MR) is 105 cm³/mol. The van der Waals surface area contributed by atoms with E-state index in [9.17, 15) is 13.2 Å². The van der Waals surface area contributed by atoms with Gasteiger partial charge in [0.2, 0.25) is 15.9 Å². The molecule has 0 bridgehead atoms. The summed E-state index contributed by atoms with van der Waals surface area (Å²) < 4.78 is 24.5. The van der Waals surface area contributed by atoms with E-state index < -0.39 is 10.0 Å². The average molecular weight is 434 g/mol. The summed E-state index contributed by atoms with van der Waals surface area (Å²) in [4.78, 5) is 16.8. The monoisotopic (exact) mass is 433 g/mol. The van der Waals surface area contributed by atoms with E-state index in [1.807, 2.05) is 11.4 Å². The summed E-state index contributed by atoms with van der Waals surface area (Å²) in [6.45, 7) is 0.729. The number of nitrogens with zero attached hydrogens (tertiary/aromatic N) is 2. The standard InChI is InChI=1S/C16H17Cl2N3O3S2/c1-26(23,24)21-6-4-10(5-7-21)15(22)20-16-19-14(9-25-16)11-2-3-12(17)13(18)8-11/h2-3,8-10H,4-7H2,1H3,(H,19,20,22). The Morgan fingerprint density at radius 1 is 1.27 bits per heavy atom. The molecule has 2 heterocycles. The van der Waals surface area contributed by atoms with Gasteiger partial charge in [-0.15, -0.1) is 11.3 Å². The second-order valence-electron chi connectivity index (χ2n) is 6.09. The number of aromatic nitrogens is 1. The van der Waals surface area contributed by atoms with Gasteiger partial charge in [0.15, 0.2) is 5.13 Å². The molecule has 2 aromatic rings. The minimum atomic E-state index is -3.20. The number of carbonyl (C=O) groups excluding carboxylic acids is 1. The number of thiazole rings is 1. The van der Waals surface area contributed by atoms with Crippen molar-refractivity contribution in [1.82, 2.24) is 9.29 Å². The van der Waals surface area contributed by atoms with Gasteiger partial charge in [-0.3, -0.25) is 4.79 Å². The first-order valence-electron chi connectivity index (χ1n) is 7.91. The summed E-state index contributed by atoms with van der Waals surface area (Å²) in [7, 11) is -3.20. The van der Waals surface area contributed by atoms with E-state index in [4.69, 9.17) is 23.2 Å². The quantitative estimate of drug-likeness (QED) is 0.796. The lowest BCUT2D eigenvalue weighted by Crippen LogP contribution is -2.40. The fourth-order valence-electron chi connectivity index (χ4n) is 2.78. The average Bonchev–Trinajstić information content (AvgIpc) is 3.05. The first kappa shape index (κ1) is 19.6. The topological polar surface area (TPSA) is 79.4 Å². The van der Waals surface area contributed by atoms with Crippen LogP contribution in [0, 0.1) is 5.92 Å². The second kappa shape index (κ2) is 7.82. The first-order chi connectivity index (χ1) is 12.2. The molecule has 0 saturated carbocycles. The molecule has 1 aromatic heterocycles. The van der Waals surface area contributed by atoms with Crippen molar-refractivity contribution in [2.45, 2.75) is 12.8 Å². The molecular formula is C16H17Cl2N3O3S2. The fourth-order valence-corrected chi connectivity index (χ4v) is 4.67. The minimum absolute atomic E-state index is 0.131. The van der Waals surface area contributed by atoms with Gasteiger partial charge in [0.25, 0.3) is 0 Å². The summed E-state index contributed by atoms with van der Waals surface area (Å²) in [5.74, 6) is -0.349. The largest absolute Gasteiger partial charge is 0.302 e. The van der Waals surface area contributed by atoms with Crippen molar-refractivity contribution in [3.63, 3.8) is 0 Å². The Hall–Kier alpha value is -1.19. The number of hydrogen-bond acceptors (Lipinski definition) is 5. The minimum Gasteiger partial charge on any atom is -0.302 e. The number of carbonyl (C=O) groups is 1. The van der Waals surface area contributed by atoms with Crippen LogP contribution in [-0.4, -0.2) is 43.0 Å². The van der Waals surface area contributed by atoms with Crippen LogP contribution in [0.1, 0.15) is 12.8 Å². The van der Waals surface area contributed by atoms with Gasteiger partial charge in [0.05, 0.1) is 22.0 Å². The maximum atomic E-state index is 12.4. The third-order valence-electron chi connectivity index (χ3n) is 4.24. The molecule has 0 atom stereocenters. The number of rotatable bonds is 4. The highest BCUT2D eigenvalue weighted by atomic mass is 35.5. The first-order valence-corrected chi connectivity index (χ1v) is 11.4. The Bertz CT molecular complexity index is 923. The molecule has 1 aromatic carbocycles. The SMILES string of the molecule is CS(=O)(=O)N1CCC(C(=O)Nc2nc(-c3ccc(Cl)c(Cl)c3)cs2)CC1. The van der Waals surface area contributed by atoms with E-state index in [0.29, 0.717) is 46.8 Å². The van der Waals surface area contributed by atoms with Crippen molar-refractivity contribution in [2.75, 3.05) is 24.7 Å². The maximum absolute atomic E-state index is 12.4. The molecule has 1 fully saturated rings. The van der Waals surface area contributed by atoms with E-state index in [1.54, 1.807) is 12.1 Å². The molecule has 3 rings (SSSR count). The summed E-state index contributed by atoms with van der Waals surface area (Å²) in [5, 5.41) is 6.08. The highest BCUT2D eigenvalue weighted by Gasteiger charge is 2.29. The number of piperidine rings is 1. The molecule has 1 saturated heterocycles. The van der Waals surface area contributed by atoms with Gasteiger partial charge < -0.3 is 5.32 Å². The molecule has 0 unspecified atom stereocenters. The van der Waals surface area contributed by atoms with Crippen molar-refractivity contribution in [3.8, 4) is 11.3 Å². The smallest absolute Gasteiger partial charge is 0.229 e. The molecule has 140 valence electrons. The second-order valence-corrected chi connectivity index (χ2v) is 9.75. The van der Waals surface area contributed by atoms with Crippen molar-refractivity contribution in [3.05, 3.63) is 33.6 Å². The summed E-state index contributed by atoms with van der Waals surface area (Å²) >= 11 is 13.3. The van der Waals surface area contributed by atoms with Crippen molar-refractivity contribution in [1.29, 1.82) is 0 Å². The third-order valence-corrected chi connectivity index (χ3v) is 7.04. The molecule has 0 radical (unpaired) electrons. The lowest BCUT2D eigenvalue weighted by molar-refractivity contribution is -0.120. The highest BCUT2D eigenvalue weighted by molar-refractivity contribution is 7.88.